The summed E-state index contributed by atoms with van der Waals surface area (Å²) in [5, 5.41) is 6.73. The third-order valence-corrected chi connectivity index (χ3v) is 6.85. The van der Waals surface area contributed by atoms with Crippen molar-refractivity contribution in [2.75, 3.05) is 0 Å². The largest absolute Gasteiger partial charge is 0.461 e. The molecule has 0 N–H and O–H groups in total. The van der Waals surface area contributed by atoms with Gasteiger partial charge in [-0.25, -0.2) is 5.01 Å². The van der Waals surface area contributed by atoms with Crippen molar-refractivity contribution < 1.29 is 9.53 Å². The zero-order valence-electron chi connectivity index (χ0n) is 18.3. The molecule has 0 spiro atoms. The molecule has 2 aliphatic heterocycles. The van der Waals surface area contributed by atoms with Crippen LogP contribution in [0.4, 0.5) is 0 Å². The van der Waals surface area contributed by atoms with Crippen LogP contribution in [0.25, 0.3) is 11.1 Å². The van der Waals surface area contributed by atoms with Crippen molar-refractivity contribution in [1.29, 1.82) is 0 Å². The first-order valence-corrected chi connectivity index (χ1v) is 12.0. The molecule has 6 rings (SSSR count). The van der Waals surface area contributed by atoms with Gasteiger partial charge in [-0.1, -0.05) is 101 Å². The molecule has 0 saturated carbocycles. The van der Waals surface area contributed by atoms with Crippen LogP contribution in [0.3, 0.4) is 0 Å². The molecule has 4 nitrogen and oxygen atoms in total. The van der Waals surface area contributed by atoms with Crippen molar-refractivity contribution in [3.63, 3.8) is 0 Å². The van der Waals surface area contributed by atoms with Crippen LogP contribution in [0.5, 0.6) is 5.75 Å². The molecule has 4 aromatic carbocycles. The van der Waals surface area contributed by atoms with Crippen molar-refractivity contribution >= 4 is 27.4 Å². The van der Waals surface area contributed by atoms with Crippen molar-refractivity contribution in [2.45, 2.75) is 18.7 Å². The molecule has 5 heteroatoms. The Morgan fingerprint density at radius 1 is 0.824 bits per heavy atom. The Morgan fingerprint density at radius 2 is 1.47 bits per heavy atom. The summed E-state index contributed by atoms with van der Waals surface area (Å²) in [6.45, 7) is 0. The van der Waals surface area contributed by atoms with Gasteiger partial charge in [-0.2, -0.15) is 5.10 Å². The van der Waals surface area contributed by atoms with Gasteiger partial charge in [0.15, 0.2) is 0 Å². The van der Waals surface area contributed by atoms with E-state index in [9.17, 15) is 4.79 Å². The fourth-order valence-electron chi connectivity index (χ4n) is 4.64. The number of ether oxygens (including phenoxy) is 1. The number of hydrazone groups is 1. The van der Waals surface area contributed by atoms with Gasteiger partial charge in [0.25, 0.3) is 6.23 Å². The van der Waals surface area contributed by atoms with Crippen LogP contribution in [0.2, 0.25) is 0 Å². The average molecular weight is 509 g/mol. The van der Waals surface area contributed by atoms with Gasteiger partial charge in [0.1, 0.15) is 5.75 Å². The van der Waals surface area contributed by atoms with Gasteiger partial charge < -0.3 is 4.74 Å². The number of hydrogen-bond acceptors (Lipinski definition) is 4. The van der Waals surface area contributed by atoms with Crippen molar-refractivity contribution in [2.24, 2.45) is 5.10 Å². The summed E-state index contributed by atoms with van der Waals surface area (Å²) in [7, 11) is 0. The minimum Gasteiger partial charge on any atom is -0.461 e. The molecule has 0 bridgehead atoms. The predicted molar refractivity (Wildman–Crippen MR) is 137 cm³/mol. The van der Waals surface area contributed by atoms with Crippen LogP contribution in [0.15, 0.2) is 113 Å². The van der Waals surface area contributed by atoms with Crippen LogP contribution < -0.4 is 4.74 Å². The third kappa shape index (κ3) is 3.72. The summed E-state index contributed by atoms with van der Waals surface area (Å²) in [5.74, 6) is 0.629. The second-order valence-electron chi connectivity index (χ2n) is 8.47. The maximum atomic E-state index is 13.7. The van der Waals surface area contributed by atoms with Crippen LogP contribution in [-0.4, -0.2) is 22.7 Å². The monoisotopic (exact) mass is 508 g/mol. The Hall–Kier alpha value is -3.70. The van der Waals surface area contributed by atoms with E-state index in [2.05, 4.69) is 46.3 Å². The van der Waals surface area contributed by atoms with E-state index in [0.29, 0.717) is 12.0 Å². The molecule has 2 aliphatic rings. The van der Waals surface area contributed by atoms with Gasteiger partial charge in [-0.15, -0.1) is 0 Å². The van der Waals surface area contributed by atoms with E-state index in [0.717, 1.165) is 38.2 Å². The number of benzene rings is 4. The van der Waals surface area contributed by atoms with E-state index >= 15 is 0 Å². The quantitative estimate of drug-likeness (QED) is 0.282. The molecule has 0 aromatic heterocycles. The lowest BCUT2D eigenvalue weighted by Crippen LogP contribution is -2.45. The normalized spacial score (nSPS) is 18.5. The highest BCUT2D eigenvalue weighted by Crippen LogP contribution is 2.44. The summed E-state index contributed by atoms with van der Waals surface area (Å²) in [4.78, 5) is 13.7. The SMILES string of the molecule is O=C(c1ccc(-c2ccccc2)cc1)[C@H]1Oc2ccc(Br)cc2[C@@H]2CC(c3ccccc3)=NN12. The highest BCUT2D eigenvalue weighted by atomic mass is 79.9. The maximum Gasteiger partial charge on any atom is 0.251 e. The molecule has 0 fully saturated rings. The summed E-state index contributed by atoms with van der Waals surface area (Å²) >= 11 is 3.58. The van der Waals surface area contributed by atoms with E-state index in [4.69, 9.17) is 9.84 Å². The van der Waals surface area contributed by atoms with Crippen LogP contribution >= 0.6 is 15.9 Å². The van der Waals surface area contributed by atoms with Crippen molar-refractivity contribution in [3.8, 4) is 16.9 Å². The molecule has 0 unspecified atom stereocenters. The average Bonchev–Trinajstić information content (AvgIpc) is 3.35. The number of Topliss-reactive ketones (excluding diaryl/α,β-unsaturated/α-hetero) is 1. The molecule has 166 valence electrons. The number of carbonyl (C=O) groups is 1. The van der Waals surface area contributed by atoms with E-state index in [1.54, 1.807) is 0 Å². The van der Waals surface area contributed by atoms with E-state index < -0.39 is 6.23 Å². The molecule has 2 atom stereocenters. The Kier molecular flexibility index (Phi) is 5.27. The number of carbonyl (C=O) groups excluding carboxylic acids is 1. The maximum absolute atomic E-state index is 13.7. The lowest BCUT2D eigenvalue weighted by atomic mass is 9.95. The Labute approximate surface area is 206 Å². The molecule has 0 amide bonds. The zero-order chi connectivity index (χ0) is 23.1. The number of fused-ring (bicyclic) bond motifs is 3. The van der Waals surface area contributed by atoms with E-state index in [-0.39, 0.29) is 11.8 Å². The smallest absolute Gasteiger partial charge is 0.251 e. The van der Waals surface area contributed by atoms with Gasteiger partial charge in [-0.3, -0.25) is 4.79 Å². The van der Waals surface area contributed by atoms with Crippen LogP contribution in [-0.2, 0) is 0 Å². The summed E-state index contributed by atoms with van der Waals surface area (Å²) in [6, 6.07) is 33.8. The standard InChI is InChI=1S/C29H21BrN2O2/c30-23-15-16-27-24(17-23)26-18-25(21-9-5-2-6-10-21)31-32(26)29(34-27)28(33)22-13-11-20(12-14-22)19-7-3-1-4-8-19/h1-17,26,29H,18H2/t26-,29+/m0/s1. The highest BCUT2D eigenvalue weighted by molar-refractivity contribution is 9.10. The van der Waals surface area contributed by atoms with Gasteiger partial charge in [0.05, 0.1) is 11.8 Å². The number of ketones is 1. The van der Waals surface area contributed by atoms with Crippen molar-refractivity contribution in [3.05, 3.63) is 124 Å². The third-order valence-electron chi connectivity index (χ3n) is 6.36. The molecule has 34 heavy (non-hydrogen) atoms. The van der Waals surface area contributed by atoms with E-state index in [1.165, 1.54) is 0 Å². The first kappa shape index (κ1) is 20.9. The van der Waals surface area contributed by atoms with E-state index in [1.807, 2.05) is 77.8 Å². The van der Waals surface area contributed by atoms with Crippen LogP contribution in [0.1, 0.15) is 33.9 Å². The van der Waals surface area contributed by atoms with Crippen LogP contribution in [0, 0.1) is 0 Å². The van der Waals surface area contributed by atoms with Gasteiger partial charge >= 0.3 is 0 Å². The predicted octanol–water partition coefficient (Wildman–Crippen LogP) is 6.87. The summed E-state index contributed by atoms with van der Waals surface area (Å²) < 4.78 is 7.24. The fourth-order valence-corrected chi connectivity index (χ4v) is 5.01. The first-order valence-electron chi connectivity index (χ1n) is 11.2. The summed E-state index contributed by atoms with van der Waals surface area (Å²) in [5.41, 5.74) is 5.85. The first-order chi connectivity index (χ1) is 16.7. The highest BCUT2D eigenvalue weighted by Gasteiger charge is 2.43. The number of nitrogens with zero attached hydrogens (tertiary/aromatic N) is 2. The molecular formula is C29H21BrN2O2. The minimum atomic E-state index is -0.817. The minimum absolute atomic E-state index is 0.0611. The number of hydrogen-bond donors (Lipinski definition) is 0. The Morgan fingerprint density at radius 3 is 2.18 bits per heavy atom. The summed E-state index contributed by atoms with van der Waals surface area (Å²) in [6.07, 6.45) is -0.101. The molecule has 2 heterocycles. The number of rotatable bonds is 4. The number of halogens is 1. The lowest BCUT2D eigenvalue weighted by Gasteiger charge is -2.37. The van der Waals surface area contributed by atoms with Gasteiger partial charge in [0.2, 0.25) is 5.78 Å². The Balaban J connectivity index is 1.36. The topological polar surface area (TPSA) is 41.9 Å². The Bertz CT molecular complexity index is 1390. The van der Waals surface area contributed by atoms with Gasteiger partial charge in [-0.05, 0) is 34.9 Å². The molecule has 0 radical (unpaired) electrons. The molecular weight excluding hydrogens is 488 g/mol. The lowest BCUT2D eigenvalue weighted by molar-refractivity contribution is -0.00458. The van der Waals surface area contributed by atoms with Crippen molar-refractivity contribution in [1.82, 2.24) is 5.01 Å². The molecule has 0 aliphatic carbocycles. The second-order valence-corrected chi connectivity index (χ2v) is 9.39. The second kappa shape index (κ2) is 8.58. The van der Waals surface area contributed by atoms with Gasteiger partial charge in [0, 0.05) is 22.0 Å². The zero-order valence-corrected chi connectivity index (χ0v) is 19.9. The molecule has 4 aromatic rings. The fraction of sp³-hybridized carbons (Fsp3) is 0.103. The molecule has 0 saturated heterocycles.